The Morgan fingerprint density at radius 1 is 1.03 bits per heavy atom. The van der Waals surface area contributed by atoms with Crippen LogP contribution >= 0.6 is 0 Å². The van der Waals surface area contributed by atoms with E-state index >= 15 is 0 Å². The van der Waals surface area contributed by atoms with Crippen molar-refractivity contribution in [2.45, 2.75) is 13.0 Å². The Labute approximate surface area is 175 Å². The summed E-state index contributed by atoms with van der Waals surface area (Å²) in [6, 6.07) is 8.41. The highest BCUT2D eigenvalue weighted by molar-refractivity contribution is 5.83. The van der Waals surface area contributed by atoms with E-state index in [4.69, 9.17) is 14.2 Å². The van der Waals surface area contributed by atoms with Crippen LogP contribution in [-0.4, -0.2) is 45.9 Å². The lowest BCUT2D eigenvalue weighted by molar-refractivity contribution is 0.368. The van der Waals surface area contributed by atoms with Crippen LogP contribution < -0.4 is 24.8 Å². The van der Waals surface area contributed by atoms with Gasteiger partial charge in [-0.2, -0.15) is 0 Å². The topological polar surface area (TPSA) is 79.9 Å². The number of guanidine groups is 1. The van der Waals surface area contributed by atoms with Gasteiger partial charge in [-0.3, -0.25) is 4.99 Å². The van der Waals surface area contributed by atoms with Crippen molar-refractivity contribution in [3.05, 3.63) is 53.5 Å². The fraction of sp³-hybridized carbons (Fsp3) is 0.318. The lowest BCUT2D eigenvalue weighted by Crippen LogP contribution is -2.38. The number of hydrogen-bond donors (Lipinski definition) is 3. The molecule has 0 aliphatic rings. The van der Waals surface area contributed by atoms with Crippen molar-refractivity contribution in [3.63, 3.8) is 0 Å². The molecule has 7 nitrogen and oxygen atoms in total. The number of methoxy groups -OCH3 is 3. The Hall–Kier alpha value is -3.42. The lowest BCUT2D eigenvalue weighted by atomic mass is 10.1. The fourth-order valence-corrected chi connectivity index (χ4v) is 3.33. The molecule has 1 heterocycles. The molecule has 3 N–H and O–H groups in total. The Morgan fingerprint density at radius 3 is 2.40 bits per heavy atom. The van der Waals surface area contributed by atoms with Crippen LogP contribution in [0.3, 0.4) is 0 Å². The third-order valence-electron chi connectivity index (χ3n) is 4.89. The molecule has 0 saturated carbocycles. The minimum Gasteiger partial charge on any atom is -0.496 e. The van der Waals surface area contributed by atoms with Crippen molar-refractivity contribution < 1.29 is 18.6 Å². The summed E-state index contributed by atoms with van der Waals surface area (Å²) in [5, 5.41) is 7.60. The molecule has 3 rings (SSSR count). The van der Waals surface area contributed by atoms with Gasteiger partial charge in [0, 0.05) is 42.8 Å². The van der Waals surface area contributed by atoms with Crippen molar-refractivity contribution in [1.29, 1.82) is 0 Å². The molecule has 0 fully saturated rings. The number of halogens is 1. The van der Waals surface area contributed by atoms with Gasteiger partial charge < -0.3 is 29.8 Å². The Bertz CT molecular complexity index is 1010. The normalized spacial score (nSPS) is 11.4. The average molecular weight is 414 g/mol. The second kappa shape index (κ2) is 9.87. The highest BCUT2D eigenvalue weighted by Crippen LogP contribution is 2.33. The van der Waals surface area contributed by atoms with Crippen LogP contribution in [0.2, 0.25) is 0 Å². The molecule has 0 aliphatic heterocycles. The molecule has 3 aromatic rings. The Balaban J connectivity index is 1.61. The number of aliphatic imine (C=N–C) groups is 1. The zero-order chi connectivity index (χ0) is 21.5. The smallest absolute Gasteiger partial charge is 0.191 e. The van der Waals surface area contributed by atoms with E-state index in [1.807, 2.05) is 18.3 Å². The number of nitrogens with one attached hydrogen (secondary N) is 3. The molecule has 30 heavy (non-hydrogen) atoms. The molecule has 0 amide bonds. The van der Waals surface area contributed by atoms with E-state index < -0.39 is 0 Å². The Kier molecular flexibility index (Phi) is 7.00. The summed E-state index contributed by atoms with van der Waals surface area (Å²) < 4.78 is 29.6. The summed E-state index contributed by atoms with van der Waals surface area (Å²) in [7, 11) is 6.53. The van der Waals surface area contributed by atoms with E-state index in [1.165, 1.54) is 12.1 Å². The predicted molar refractivity (Wildman–Crippen MR) is 116 cm³/mol. The molecule has 0 unspecified atom stereocenters. The van der Waals surface area contributed by atoms with Gasteiger partial charge in [0.25, 0.3) is 0 Å². The van der Waals surface area contributed by atoms with E-state index in [9.17, 15) is 4.39 Å². The molecule has 2 aromatic carbocycles. The van der Waals surface area contributed by atoms with Gasteiger partial charge >= 0.3 is 0 Å². The summed E-state index contributed by atoms with van der Waals surface area (Å²) in [5.41, 5.74) is 2.78. The summed E-state index contributed by atoms with van der Waals surface area (Å²) in [6.45, 7) is 1.13. The highest BCUT2D eigenvalue weighted by Gasteiger charge is 2.14. The molecular weight excluding hydrogens is 387 g/mol. The number of hydrogen-bond acceptors (Lipinski definition) is 4. The molecule has 0 bridgehead atoms. The van der Waals surface area contributed by atoms with Crippen molar-refractivity contribution in [1.82, 2.24) is 15.6 Å². The molecule has 0 aliphatic carbocycles. The number of H-pyrrole nitrogens is 1. The van der Waals surface area contributed by atoms with Gasteiger partial charge in [0.15, 0.2) is 5.96 Å². The van der Waals surface area contributed by atoms with Crippen LogP contribution in [0.4, 0.5) is 4.39 Å². The van der Waals surface area contributed by atoms with Gasteiger partial charge in [0.2, 0.25) is 0 Å². The van der Waals surface area contributed by atoms with Crippen LogP contribution in [0.25, 0.3) is 10.9 Å². The summed E-state index contributed by atoms with van der Waals surface area (Å²) in [6.07, 6.45) is 2.68. The number of rotatable bonds is 8. The molecule has 1 aromatic heterocycles. The SMILES string of the molecule is CN=C(NCCc1c[nH]c2cc(F)ccc12)NCc1c(OC)cc(OC)cc1OC. The van der Waals surface area contributed by atoms with E-state index in [0.717, 1.165) is 28.5 Å². The van der Waals surface area contributed by atoms with Crippen LogP contribution in [-0.2, 0) is 13.0 Å². The first-order chi connectivity index (χ1) is 14.6. The minimum atomic E-state index is -0.247. The van der Waals surface area contributed by atoms with Crippen molar-refractivity contribution in [3.8, 4) is 17.2 Å². The monoisotopic (exact) mass is 414 g/mol. The Morgan fingerprint density at radius 2 is 1.77 bits per heavy atom. The lowest BCUT2D eigenvalue weighted by Gasteiger charge is -2.17. The maximum atomic E-state index is 13.3. The molecule has 8 heteroatoms. The van der Waals surface area contributed by atoms with Crippen molar-refractivity contribution in [2.75, 3.05) is 34.9 Å². The zero-order valence-corrected chi connectivity index (χ0v) is 17.6. The minimum absolute atomic E-state index is 0.247. The zero-order valence-electron chi connectivity index (χ0n) is 17.6. The van der Waals surface area contributed by atoms with Crippen LogP contribution in [0.1, 0.15) is 11.1 Å². The second-order valence-corrected chi connectivity index (χ2v) is 6.62. The summed E-state index contributed by atoms with van der Waals surface area (Å²) >= 11 is 0. The van der Waals surface area contributed by atoms with Gasteiger partial charge in [-0.15, -0.1) is 0 Å². The van der Waals surface area contributed by atoms with Gasteiger partial charge in [0.05, 0.1) is 33.4 Å². The quantitative estimate of drug-likeness (QED) is 0.390. The first kappa shape index (κ1) is 21.3. The summed E-state index contributed by atoms with van der Waals surface area (Å²) in [5.74, 6) is 2.40. The number of aromatic amines is 1. The van der Waals surface area contributed by atoms with Gasteiger partial charge in [-0.05, 0) is 30.2 Å². The van der Waals surface area contributed by atoms with E-state index in [-0.39, 0.29) is 5.82 Å². The number of fused-ring (bicyclic) bond motifs is 1. The fourth-order valence-electron chi connectivity index (χ4n) is 3.33. The van der Waals surface area contributed by atoms with Crippen LogP contribution in [0.15, 0.2) is 41.5 Å². The first-order valence-electron chi connectivity index (χ1n) is 9.58. The maximum absolute atomic E-state index is 13.3. The molecular formula is C22H27FN4O3. The third kappa shape index (κ3) is 4.76. The van der Waals surface area contributed by atoms with E-state index in [1.54, 1.807) is 34.4 Å². The third-order valence-corrected chi connectivity index (χ3v) is 4.89. The van der Waals surface area contributed by atoms with E-state index in [0.29, 0.717) is 36.3 Å². The van der Waals surface area contributed by atoms with Gasteiger partial charge in [0.1, 0.15) is 23.1 Å². The highest BCUT2D eigenvalue weighted by atomic mass is 19.1. The molecule has 0 saturated heterocycles. The summed E-state index contributed by atoms with van der Waals surface area (Å²) in [4.78, 5) is 7.38. The first-order valence-corrected chi connectivity index (χ1v) is 9.58. The van der Waals surface area contributed by atoms with Crippen LogP contribution in [0, 0.1) is 5.82 Å². The molecule has 0 spiro atoms. The van der Waals surface area contributed by atoms with E-state index in [2.05, 4.69) is 20.6 Å². The average Bonchev–Trinajstić information content (AvgIpc) is 3.17. The van der Waals surface area contributed by atoms with Gasteiger partial charge in [-0.1, -0.05) is 0 Å². The van der Waals surface area contributed by atoms with Crippen LogP contribution in [0.5, 0.6) is 17.2 Å². The molecule has 0 atom stereocenters. The number of aromatic nitrogens is 1. The van der Waals surface area contributed by atoms with Crippen molar-refractivity contribution >= 4 is 16.9 Å². The standard InChI is InChI=1S/C22H27FN4O3/c1-24-22(25-8-7-14-12-26-19-9-15(23)5-6-17(14)19)27-13-18-20(29-3)10-16(28-2)11-21(18)30-4/h5-6,9-12,26H,7-8,13H2,1-4H3,(H2,24,25,27). The largest absolute Gasteiger partial charge is 0.496 e. The number of benzene rings is 2. The second-order valence-electron chi connectivity index (χ2n) is 6.62. The number of ether oxygens (including phenoxy) is 3. The number of nitrogens with zero attached hydrogens (tertiary/aromatic N) is 1. The maximum Gasteiger partial charge on any atom is 0.191 e. The molecule has 160 valence electrons. The van der Waals surface area contributed by atoms with Crippen molar-refractivity contribution in [2.24, 2.45) is 4.99 Å². The van der Waals surface area contributed by atoms with Gasteiger partial charge in [-0.25, -0.2) is 4.39 Å². The predicted octanol–water partition coefficient (Wildman–Crippen LogP) is 3.24. The molecule has 0 radical (unpaired) electrons.